The van der Waals surface area contributed by atoms with E-state index in [9.17, 15) is 4.79 Å². The molecule has 0 aliphatic carbocycles. The molecular weight excluding hydrogens is 354 g/mol. The molecule has 3 heterocycles. The van der Waals surface area contributed by atoms with Crippen LogP contribution in [0.5, 0.6) is 0 Å². The van der Waals surface area contributed by atoms with Crippen LogP contribution in [0.1, 0.15) is 40.0 Å². The third kappa shape index (κ3) is 4.61. The number of thiazole rings is 1. The second kappa shape index (κ2) is 8.31. The first-order valence-electron chi connectivity index (χ1n) is 8.85. The summed E-state index contributed by atoms with van der Waals surface area (Å²) in [6.07, 6.45) is 4.89. The van der Waals surface area contributed by atoms with Crippen LogP contribution in [-0.2, 0) is 4.79 Å². The lowest BCUT2D eigenvalue weighted by molar-refractivity contribution is -0.119. The van der Waals surface area contributed by atoms with E-state index < -0.39 is 0 Å². The first kappa shape index (κ1) is 18.4. The highest BCUT2D eigenvalue weighted by Crippen LogP contribution is 2.35. The molecular formula is C17H25N5OS2. The SMILES string of the molecule is CCC(C)NC(=O)CSc1ncnc2nc(N3CCC(C)CC3)sc12. The lowest BCUT2D eigenvalue weighted by Gasteiger charge is -2.29. The fraction of sp³-hybridized carbons (Fsp3) is 0.647. The number of nitrogens with one attached hydrogen (secondary N) is 1. The maximum absolute atomic E-state index is 12.0. The number of piperidine rings is 1. The third-order valence-corrected chi connectivity index (χ3v) is 6.79. The molecule has 1 aliphatic heterocycles. The van der Waals surface area contributed by atoms with Crippen molar-refractivity contribution in [2.24, 2.45) is 5.92 Å². The zero-order valence-electron chi connectivity index (χ0n) is 15.0. The van der Waals surface area contributed by atoms with Crippen molar-refractivity contribution in [1.82, 2.24) is 20.3 Å². The molecule has 2 aromatic heterocycles. The van der Waals surface area contributed by atoms with Crippen molar-refractivity contribution in [1.29, 1.82) is 0 Å². The first-order chi connectivity index (χ1) is 12.1. The number of hydrogen-bond donors (Lipinski definition) is 1. The summed E-state index contributed by atoms with van der Waals surface area (Å²) in [4.78, 5) is 27.7. The molecule has 0 bridgehead atoms. The summed E-state index contributed by atoms with van der Waals surface area (Å²) in [5.74, 6) is 1.20. The van der Waals surface area contributed by atoms with Crippen molar-refractivity contribution in [2.45, 2.75) is 51.1 Å². The Morgan fingerprint density at radius 1 is 1.44 bits per heavy atom. The molecule has 2 aromatic rings. The van der Waals surface area contributed by atoms with Crippen LogP contribution in [-0.4, -0.2) is 45.7 Å². The Morgan fingerprint density at radius 3 is 2.92 bits per heavy atom. The number of carbonyl (C=O) groups excluding carboxylic acids is 1. The summed E-state index contributed by atoms with van der Waals surface area (Å²) in [5, 5.41) is 4.85. The minimum Gasteiger partial charge on any atom is -0.353 e. The van der Waals surface area contributed by atoms with Gasteiger partial charge in [-0.15, -0.1) is 0 Å². The Hall–Kier alpha value is -1.41. The summed E-state index contributed by atoms with van der Waals surface area (Å²) in [5.41, 5.74) is 0.735. The Balaban J connectivity index is 1.70. The van der Waals surface area contributed by atoms with Gasteiger partial charge in [-0.05, 0) is 32.1 Å². The summed E-state index contributed by atoms with van der Waals surface area (Å²) < 4.78 is 0.984. The highest BCUT2D eigenvalue weighted by Gasteiger charge is 2.20. The van der Waals surface area contributed by atoms with Gasteiger partial charge in [0.2, 0.25) is 5.91 Å². The van der Waals surface area contributed by atoms with Gasteiger partial charge in [0.1, 0.15) is 16.1 Å². The normalized spacial score (nSPS) is 17.0. The number of hydrogen-bond acceptors (Lipinski definition) is 7. The maximum atomic E-state index is 12.0. The minimum atomic E-state index is 0.0425. The fourth-order valence-electron chi connectivity index (χ4n) is 2.71. The molecule has 1 fully saturated rings. The molecule has 136 valence electrons. The highest BCUT2D eigenvalue weighted by atomic mass is 32.2. The molecule has 0 aromatic carbocycles. The zero-order chi connectivity index (χ0) is 17.8. The summed E-state index contributed by atoms with van der Waals surface area (Å²) in [6.45, 7) is 8.48. The standard InChI is InChI=1S/C17H25N5OS2/c1-4-12(3)20-13(23)9-24-16-14-15(18-10-19-16)21-17(25-14)22-7-5-11(2)6-8-22/h10-12H,4-9H2,1-3H3,(H,20,23). The monoisotopic (exact) mass is 379 g/mol. The van der Waals surface area contributed by atoms with Gasteiger partial charge in [-0.3, -0.25) is 4.79 Å². The molecule has 1 atom stereocenters. The van der Waals surface area contributed by atoms with Crippen molar-refractivity contribution in [2.75, 3.05) is 23.7 Å². The van der Waals surface area contributed by atoms with Crippen LogP contribution in [0.15, 0.2) is 11.4 Å². The molecule has 1 amide bonds. The van der Waals surface area contributed by atoms with Crippen molar-refractivity contribution < 1.29 is 4.79 Å². The van der Waals surface area contributed by atoms with Crippen LogP contribution in [0.4, 0.5) is 5.13 Å². The van der Waals surface area contributed by atoms with E-state index in [1.165, 1.54) is 24.6 Å². The summed E-state index contributed by atoms with van der Waals surface area (Å²) in [6, 6.07) is 0.204. The van der Waals surface area contributed by atoms with Crippen molar-refractivity contribution >= 4 is 44.5 Å². The van der Waals surface area contributed by atoms with E-state index in [-0.39, 0.29) is 11.9 Å². The van der Waals surface area contributed by atoms with Gasteiger partial charge in [0.15, 0.2) is 10.8 Å². The number of carbonyl (C=O) groups is 1. The van der Waals surface area contributed by atoms with E-state index >= 15 is 0 Å². The molecule has 1 saturated heterocycles. The third-order valence-electron chi connectivity index (χ3n) is 4.56. The van der Waals surface area contributed by atoms with Crippen LogP contribution in [0.3, 0.4) is 0 Å². The minimum absolute atomic E-state index is 0.0425. The van der Waals surface area contributed by atoms with E-state index in [2.05, 4.69) is 34.0 Å². The number of thioether (sulfide) groups is 1. The lowest BCUT2D eigenvalue weighted by atomic mass is 10.00. The van der Waals surface area contributed by atoms with Gasteiger partial charge in [0, 0.05) is 19.1 Å². The topological polar surface area (TPSA) is 71.0 Å². The molecule has 1 unspecified atom stereocenters. The Labute approximate surface area is 156 Å². The molecule has 25 heavy (non-hydrogen) atoms. The number of rotatable bonds is 6. The van der Waals surface area contributed by atoms with Crippen LogP contribution in [0.25, 0.3) is 10.3 Å². The van der Waals surface area contributed by atoms with E-state index in [1.54, 1.807) is 17.7 Å². The van der Waals surface area contributed by atoms with E-state index in [4.69, 9.17) is 4.98 Å². The second-order valence-electron chi connectivity index (χ2n) is 6.66. The van der Waals surface area contributed by atoms with Crippen molar-refractivity contribution in [3.05, 3.63) is 6.33 Å². The highest BCUT2D eigenvalue weighted by molar-refractivity contribution is 8.00. The molecule has 6 nitrogen and oxygen atoms in total. The van der Waals surface area contributed by atoms with E-state index in [0.29, 0.717) is 5.75 Å². The molecule has 0 saturated carbocycles. The Kier molecular flexibility index (Phi) is 6.11. The predicted molar refractivity (Wildman–Crippen MR) is 104 cm³/mol. The van der Waals surface area contributed by atoms with Crippen molar-refractivity contribution in [3.63, 3.8) is 0 Å². The van der Waals surface area contributed by atoms with Crippen LogP contribution >= 0.6 is 23.1 Å². The summed E-state index contributed by atoms with van der Waals surface area (Å²) >= 11 is 3.10. The number of nitrogens with zero attached hydrogens (tertiary/aromatic N) is 4. The quantitative estimate of drug-likeness (QED) is 0.613. The van der Waals surface area contributed by atoms with Crippen LogP contribution in [0.2, 0.25) is 0 Å². The molecule has 0 spiro atoms. The predicted octanol–water partition coefficient (Wildman–Crippen LogP) is 3.33. The maximum Gasteiger partial charge on any atom is 0.230 e. The number of amides is 1. The van der Waals surface area contributed by atoms with Gasteiger partial charge in [0.25, 0.3) is 0 Å². The molecule has 1 N–H and O–H groups in total. The van der Waals surface area contributed by atoms with Gasteiger partial charge in [0.05, 0.1) is 5.75 Å². The average Bonchev–Trinajstić information content (AvgIpc) is 3.05. The van der Waals surface area contributed by atoms with Gasteiger partial charge in [-0.2, -0.15) is 4.98 Å². The number of fused-ring (bicyclic) bond motifs is 1. The largest absolute Gasteiger partial charge is 0.353 e. The van der Waals surface area contributed by atoms with Gasteiger partial charge >= 0.3 is 0 Å². The Bertz CT molecular complexity index is 727. The van der Waals surface area contributed by atoms with Gasteiger partial charge in [-0.1, -0.05) is 36.9 Å². The number of aromatic nitrogens is 3. The summed E-state index contributed by atoms with van der Waals surface area (Å²) in [7, 11) is 0. The number of anilines is 1. The van der Waals surface area contributed by atoms with Gasteiger partial charge in [-0.25, -0.2) is 9.97 Å². The Morgan fingerprint density at radius 2 is 2.20 bits per heavy atom. The van der Waals surface area contributed by atoms with Crippen LogP contribution in [0, 0.1) is 5.92 Å². The fourth-order valence-corrected chi connectivity index (χ4v) is 4.67. The van der Waals surface area contributed by atoms with E-state index in [0.717, 1.165) is 45.9 Å². The van der Waals surface area contributed by atoms with Crippen molar-refractivity contribution in [3.8, 4) is 0 Å². The zero-order valence-corrected chi connectivity index (χ0v) is 16.6. The molecule has 8 heteroatoms. The lowest BCUT2D eigenvalue weighted by Crippen LogP contribution is -2.33. The van der Waals surface area contributed by atoms with E-state index in [1.807, 2.05) is 6.92 Å². The van der Waals surface area contributed by atoms with Crippen LogP contribution < -0.4 is 10.2 Å². The molecule has 3 rings (SSSR count). The molecule has 1 aliphatic rings. The van der Waals surface area contributed by atoms with Gasteiger partial charge < -0.3 is 10.2 Å². The second-order valence-corrected chi connectivity index (χ2v) is 8.60. The smallest absolute Gasteiger partial charge is 0.230 e. The molecule has 0 radical (unpaired) electrons. The average molecular weight is 380 g/mol. The first-order valence-corrected chi connectivity index (χ1v) is 10.7.